The van der Waals surface area contributed by atoms with Gasteiger partial charge in [0.05, 0.1) is 33.1 Å². The Kier molecular flexibility index (Phi) is 5.23. The SMILES string of the molecule is c1ccc(-n2c3ccccc3c3ccc(-c4nc5ccccc5nc4-n4c5ccc6ccc7ccc8ccc9ccc%10ccc4c4c%10c9c8c7c6c45)cc32)cc1. The van der Waals surface area contributed by atoms with Gasteiger partial charge in [-0.3, -0.25) is 4.57 Å². The van der Waals surface area contributed by atoms with Crippen LogP contribution in [0.4, 0.5) is 0 Å². The molecule has 0 aliphatic rings. The number of para-hydroxylation sites is 4. The zero-order valence-corrected chi connectivity index (χ0v) is 30.0. The summed E-state index contributed by atoms with van der Waals surface area (Å²) in [5, 5.41) is 18.0. The second kappa shape index (κ2) is 10.1. The van der Waals surface area contributed by atoms with Gasteiger partial charge in [-0.25, -0.2) is 9.97 Å². The molecule has 0 N–H and O–H groups in total. The predicted octanol–water partition coefficient (Wildman–Crippen LogP) is 13.6. The molecule has 0 aliphatic carbocycles. The smallest absolute Gasteiger partial charge is 0.165 e. The van der Waals surface area contributed by atoms with E-state index in [1.165, 1.54) is 80.9 Å². The third-order valence-corrected chi connectivity index (χ3v) is 12.5. The van der Waals surface area contributed by atoms with Crippen molar-refractivity contribution < 1.29 is 0 Å². The molecule has 56 heavy (non-hydrogen) atoms. The van der Waals surface area contributed by atoms with Crippen molar-refractivity contribution in [2.45, 2.75) is 0 Å². The molecule has 4 heteroatoms. The number of fused-ring (bicyclic) bond motifs is 4. The Morgan fingerprint density at radius 1 is 0.321 bits per heavy atom. The lowest BCUT2D eigenvalue weighted by atomic mass is 9.92. The molecule has 14 rings (SSSR count). The standard InChI is InChI=1S/C52H28N4/c1-2-8-35(9-3-1)55-40-13-7-4-10-36(40)37-25-22-34(28-43(37)55)51-52(54-39-12-6-5-11-38(39)53-51)56-41-26-23-32-20-18-30-16-14-29-15-17-31-19-21-33-24-27-42(56)50-48(33)46(31)44(29)45(30)47(32)49(41)50/h1-28H. The summed E-state index contributed by atoms with van der Waals surface area (Å²) in [5.74, 6) is 0.829. The number of nitrogens with zero attached hydrogens (tertiary/aromatic N) is 4. The predicted molar refractivity (Wildman–Crippen MR) is 235 cm³/mol. The maximum atomic E-state index is 5.56. The summed E-state index contributed by atoms with van der Waals surface area (Å²) in [6.45, 7) is 0. The zero-order chi connectivity index (χ0) is 36.2. The summed E-state index contributed by atoms with van der Waals surface area (Å²) in [5.41, 5.74) is 9.34. The van der Waals surface area contributed by atoms with Crippen LogP contribution in [0.1, 0.15) is 0 Å². The van der Waals surface area contributed by atoms with Crippen LogP contribution in [0.5, 0.6) is 0 Å². The van der Waals surface area contributed by atoms with Gasteiger partial charge >= 0.3 is 0 Å². The van der Waals surface area contributed by atoms with Crippen LogP contribution >= 0.6 is 0 Å². The molecule has 3 heterocycles. The van der Waals surface area contributed by atoms with Gasteiger partial charge in [0.2, 0.25) is 0 Å². The van der Waals surface area contributed by atoms with Gasteiger partial charge in [-0.1, -0.05) is 121 Å². The first-order valence-corrected chi connectivity index (χ1v) is 19.3. The van der Waals surface area contributed by atoms with E-state index in [1.807, 2.05) is 0 Å². The van der Waals surface area contributed by atoms with Crippen LogP contribution in [0.2, 0.25) is 0 Å². The molecule has 0 spiro atoms. The van der Waals surface area contributed by atoms with Gasteiger partial charge in [-0.15, -0.1) is 0 Å². The monoisotopic (exact) mass is 708 g/mol. The molecule has 0 saturated heterocycles. The molecule has 4 nitrogen and oxygen atoms in total. The van der Waals surface area contributed by atoms with Crippen molar-refractivity contribution in [1.29, 1.82) is 0 Å². The van der Waals surface area contributed by atoms with Crippen molar-refractivity contribution in [2.24, 2.45) is 0 Å². The van der Waals surface area contributed by atoms with Crippen LogP contribution in [0, 0.1) is 0 Å². The summed E-state index contributed by atoms with van der Waals surface area (Å²) in [6, 6.07) is 62.0. The van der Waals surface area contributed by atoms with E-state index in [0.29, 0.717) is 0 Å². The highest BCUT2D eigenvalue weighted by Crippen LogP contribution is 2.50. The van der Waals surface area contributed by atoms with Crippen LogP contribution in [0.3, 0.4) is 0 Å². The second-order valence-electron chi connectivity index (χ2n) is 15.3. The van der Waals surface area contributed by atoms with Crippen molar-refractivity contribution in [3.63, 3.8) is 0 Å². The third kappa shape index (κ3) is 3.50. The summed E-state index contributed by atoms with van der Waals surface area (Å²) in [7, 11) is 0. The van der Waals surface area contributed by atoms with Gasteiger partial charge in [0.1, 0.15) is 5.69 Å². The van der Waals surface area contributed by atoms with E-state index in [0.717, 1.165) is 50.3 Å². The van der Waals surface area contributed by atoms with Crippen molar-refractivity contribution in [1.82, 2.24) is 19.1 Å². The van der Waals surface area contributed by atoms with E-state index >= 15 is 0 Å². The fourth-order valence-corrected chi connectivity index (χ4v) is 10.2. The lowest BCUT2D eigenvalue weighted by Crippen LogP contribution is -2.04. The average molecular weight is 709 g/mol. The van der Waals surface area contributed by atoms with Crippen molar-refractivity contribution in [3.05, 3.63) is 170 Å². The molecule has 11 aromatic carbocycles. The van der Waals surface area contributed by atoms with Gasteiger partial charge < -0.3 is 4.57 Å². The van der Waals surface area contributed by atoms with E-state index in [9.17, 15) is 0 Å². The maximum absolute atomic E-state index is 5.56. The Morgan fingerprint density at radius 3 is 1.41 bits per heavy atom. The summed E-state index contributed by atoms with van der Waals surface area (Å²) in [4.78, 5) is 11.1. The van der Waals surface area contributed by atoms with Crippen LogP contribution in [0.15, 0.2) is 170 Å². The molecular weight excluding hydrogens is 681 g/mol. The Balaban J connectivity index is 1.17. The van der Waals surface area contributed by atoms with Crippen molar-refractivity contribution in [2.75, 3.05) is 0 Å². The normalized spacial score (nSPS) is 12.6. The summed E-state index contributed by atoms with van der Waals surface area (Å²) in [6.07, 6.45) is 0. The van der Waals surface area contributed by atoms with Crippen LogP contribution in [-0.4, -0.2) is 19.1 Å². The third-order valence-electron chi connectivity index (χ3n) is 12.5. The maximum Gasteiger partial charge on any atom is 0.165 e. The average Bonchev–Trinajstić information content (AvgIpc) is 3.73. The minimum absolute atomic E-state index is 0.829. The molecule has 0 bridgehead atoms. The van der Waals surface area contributed by atoms with E-state index in [1.54, 1.807) is 0 Å². The lowest BCUT2D eigenvalue weighted by Gasteiger charge is -2.16. The van der Waals surface area contributed by atoms with Gasteiger partial charge in [0, 0.05) is 43.6 Å². The lowest BCUT2D eigenvalue weighted by molar-refractivity contribution is 1.08. The molecule has 3 aromatic heterocycles. The first-order valence-electron chi connectivity index (χ1n) is 19.3. The number of benzene rings is 10. The van der Waals surface area contributed by atoms with E-state index < -0.39 is 0 Å². The highest BCUT2D eigenvalue weighted by molar-refractivity contribution is 6.45. The quantitative estimate of drug-likeness (QED) is 0.171. The van der Waals surface area contributed by atoms with Gasteiger partial charge in [0.25, 0.3) is 0 Å². The Hall–Kier alpha value is -7.56. The van der Waals surface area contributed by atoms with Crippen molar-refractivity contribution in [3.8, 4) is 22.8 Å². The molecule has 0 atom stereocenters. The van der Waals surface area contributed by atoms with Crippen molar-refractivity contribution >= 4 is 109 Å². The van der Waals surface area contributed by atoms with Gasteiger partial charge in [-0.2, -0.15) is 0 Å². The molecule has 0 amide bonds. The molecule has 256 valence electrons. The van der Waals surface area contributed by atoms with E-state index in [-0.39, 0.29) is 0 Å². The van der Waals surface area contributed by atoms with E-state index in [4.69, 9.17) is 9.97 Å². The molecule has 0 fully saturated rings. The molecule has 0 unspecified atom stereocenters. The largest absolute Gasteiger partial charge is 0.309 e. The first-order chi connectivity index (χ1) is 27.8. The number of hydrogen-bond donors (Lipinski definition) is 0. The highest BCUT2D eigenvalue weighted by Gasteiger charge is 2.26. The summed E-state index contributed by atoms with van der Waals surface area (Å²) < 4.78 is 4.78. The minimum Gasteiger partial charge on any atom is -0.309 e. The highest BCUT2D eigenvalue weighted by atomic mass is 15.1. The number of rotatable bonds is 3. The molecule has 14 aromatic rings. The second-order valence-corrected chi connectivity index (χ2v) is 15.3. The molecule has 0 radical (unpaired) electrons. The Morgan fingerprint density at radius 2 is 0.804 bits per heavy atom. The van der Waals surface area contributed by atoms with Crippen LogP contribution < -0.4 is 0 Å². The topological polar surface area (TPSA) is 35.6 Å². The molecule has 0 saturated carbocycles. The van der Waals surface area contributed by atoms with Gasteiger partial charge in [-0.05, 0) is 91.6 Å². The van der Waals surface area contributed by atoms with Crippen LogP contribution in [-0.2, 0) is 0 Å². The van der Waals surface area contributed by atoms with Crippen LogP contribution in [0.25, 0.3) is 131 Å². The number of hydrogen-bond acceptors (Lipinski definition) is 2. The fourth-order valence-electron chi connectivity index (χ4n) is 10.2. The van der Waals surface area contributed by atoms with Gasteiger partial charge in [0.15, 0.2) is 5.82 Å². The molecular formula is C52H28N4. The zero-order valence-electron chi connectivity index (χ0n) is 30.0. The fraction of sp³-hybridized carbons (Fsp3) is 0. The minimum atomic E-state index is 0.829. The Labute approximate surface area is 319 Å². The molecule has 0 aliphatic heterocycles. The Bertz CT molecular complexity index is 3780. The first kappa shape index (κ1) is 28.9. The summed E-state index contributed by atoms with van der Waals surface area (Å²) >= 11 is 0. The van der Waals surface area contributed by atoms with E-state index in [2.05, 4.69) is 179 Å². The number of aromatic nitrogens is 4.